The van der Waals surface area contributed by atoms with Gasteiger partial charge in [0, 0.05) is 30.9 Å². The van der Waals surface area contributed by atoms with Gasteiger partial charge in [0.25, 0.3) is 0 Å². The van der Waals surface area contributed by atoms with Crippen LogP contribution in [0.3, 0.4) is 0 Å². The van der Waals surface area contributed by atoms with E-state index >= 15 is 0 Å². The third-order valence-corrected chi connectivity index (χ3v) is 5.30. The largest absolute Gasteiger partial charge is 0.497 e. The highest BCUT2D eigenvalue weighted by Gasteiger charge is 2.34. The lowest BCUT2D eigenvalue weighted by molar-refractivity contribution is 0.0543. The minimum absolute atomic E-state index is 0.0173. The normalized spacial score (nSPS) is 16.5. The molecule has 0 saturated carbocycles. The molecule has 0 bridgehead atoms. The SMILES string of the molecule is COc1ccc(C2(CNc3ncnc4cc(C)[nH]c34)CCOCC2)cc1. The number of anilines is 1. The van der Waals surface area contributed by atoms with Gasteiger partial charge in [-0.2, -0.15) is 0 Å². The average Bonchev–Trinajstić information content (AvgIpc) is 3.08. The van der Waals surface area contributed by atoms with Crippen LogP contribution in [0.4, 0.5) is 5.82 Å². The number of fused-ring (bicyclic) bond motifs is 1. The predicted molar refractivity (Wildman–Crippen MR) is 102 cm³/mol. The van der Waals surface area contributed by atoms with Gasteiger partial charge in [0.15, 0.2) is 5.82 Å². The van der Waals surface area contributed by atoms with E-state index in [2.05, 4.69) is 32.4 Å². The van der Waals surface area contributed by atoms with Gasteiger partial charge in [-0.05, 0) is 43.5 Å². The zero-order chi connectivity index (χ0) is 18.0. The fraction of sp³-hybridized carbons (Fsp3) is 0.400. The number of H-pyrrole nitrogens is 1. The summed E-state index contributed by atoms with van der Waals surface area (Å²) in [6.07, 6.45) is 3.57. The molecule has 2 aromatic heterocycles. The molecule has 0 unspecified atom stereocenters. The summed E-state index contributed by atoms with van der Waals surface area (Å²) in [5.74, 6) is 1.73. The van der Waals surface area contributed by atoms with E-state index in [0.29, 0.717) is 0 Å². The molecule has 26 heavy (non-hydrogen) atoms. The first-order valence-electron chi connectivity index (χ1n) is 8.97. The van der Waals surface area contributed by atoms with Gasteiger partial charge in [-0.1, -0.05) is 12.1 Å². The molecule has 4 rings (SSSR count). The number of nitrogens with zero attached hydrogens (tertiary/aromatic N) is 2. The summed E-state index contributed by atoms with van der Waals surface area (Å²) in [5.41, 5.74) is 4.30. The molecule has 0 atom stereocenters. The van der Waals surface area contributed by atoms with Crippen molar-refractivity contribution in [1.82, 2.24) is 15.0 Å². The Labute approximate surface area is 153 Å². The molecule has 0 radical (unpaired) electrons. The topological polar surface area (TPSA) is 72.1 Å². The Morgan fingerprint density at radius 3 is 2.69 bits per heavy atom. The van der Waals surface area contributed by atoms with Crippen LogP contribution in [0.25, 0.3) is 11.0 Å². The summed E-state index contributed by atoms with van der Waals surface area (Å²) in [6, 6.07) is 10.4. The zero-order valence-electron chi connectivity index (χ0n) is 15.2. The second-order valence-electron chi connectivity index (χ2n) is 6.91. The van der Waals surface area contributed by atoms with Crippen molar-refractivity contribution >= 4 is 16.9 Å². The number of benzene rings is 1. The molecule has 1 saturated heterocycles. The highest BCUT2D eigenvalue weighted by atomic mass is 16.5. The first-order valence-corrected chi connectivity index (χ1v) is 8.97. The van der Waals surface area contributed by atoms with Crippen molar-refractivity contribution in [3.05, 3.63) is 47.9 Å². The first-order chi connectivity index (χ1) is 12.7. The van der Waals surface area contributed by atoms with E-state index in [0.717, 1.165) is 60.9 Å². The van der Waals surface area contributed by atoms with E-state index in [4.69, 9.17) is 9.47 Å². The minimum atomic E-state index is 0.0173. The van der Waals surface area contributed by atoms with Crippen LogP contribution in [0, 0.1) is 6.92 Å². The molecule has 3 heterocycles. The third kappa shape index (κ3) is 3.12. The Hall–Kier alpha value is -2.60. The minimum Gasteiger partial charge on any atom is -0.497 e. The van der Waals surface area contributed by atoms with Gasteiger partial charge in [0.05, 0.1) is 12.6 Å². The number of hydrogen-bond acceptors (Lipinski definition) is 5. The summed E-state index contributed by atoms with van der Waals surface area (Å²) >= 11 is 0. The lowest BCUT2D eigenvalue weighted by Gasteiger charge is -2.38. The molecular weight excluding hydrogens is 328 g/mol. The summed E-state index contributed by atoms with van der Waals surface area (Å²) in [6.45, 7) is 4.37. The van der Waals surface area contributed by atoms with Crippen LogP contribution in [0.5, 0.6) is 5.75 Å². The molecule has 6 heteroatoms. The van der Waals surface area contributed by atoms with Crippen molar-refractivity contribution in [2.75, 3.05) is 32.2 Å². The van der Waals surface area contributed by atoms with Crippen molar-refractivity contribution in [1.29, 1.82) is 0 Å². The molecule has 0 aliphatic carbocycles. The van der Waals surface area contributed by atoms with Crippen LogP contribution in [0.2, 0.25) is 0 Å². The lowest BCUT2D eigenvalue weighted by Crippen LogP contribution is -2.40. The molecule has 2 N–H and O–H groups in total. The van der Waals surface area contributed by atoms with Crippen molar-refractivity contribution in [3.63, 3.8) is 0 Å². The van der Waals surface area contributed by atoms with E-state index in [-0.39, 0.29) is 5.41 Å². The monoisotopic (exact) mass is 352 g/mol. The van der Waals surface area contributed by atoms with Crippen LogP contribution in [-0.2, 0) is 10.2 Å². The van der Waals surface area contributed by atoms with E-state index in [1.165, 1.54) is 5.56 Å². The average molecular weight is 352 g/mol. The number of aryl methyl sites for hydroxylation is 1. The van der Waals surface area contributed by atoms with Crippen LogP contribution in [-0.4, -0.2) is 41.8 Å². The number of ether oxygens (including phenoxy) is 2. The van der Waals surface area contributed by atoms with Gasteiger partial charge in [0.2, 0.25) is 0 Å². The lowest BCUT2D eigenvalue weighted by atomic mass is 9.74. The Bertz CT molecular complexity index is 882. The number of nitrogens with one attached hydrogen (secondary N) is 2. The van der Waals surface area contributed by atoms with E-state index in [1.54, 1.807) is 13.4 Å². The van der Waals surface area contributed by atoms with Crippen LogP contribution in [0.15, 0.2) is 36.7 Å². The van der Waals surface area contributed by atoms with Gasteiger partial charge in [-0.3, -0.25) is 0 Å². The molecule has 1 fully saturated rings. The van der Waals surface area contributed by atoms with Crippen LogP contribution >= 0.6 is 0 Å². The molecule has 136 valence electrons. The smallest absolute Gasteiger partial charge is 0.153 e. The highest BCUT2D eigenvalue weighted by molar-refractivity contribution is 5.86. The Morgan fingerprint density at radius 1 is 1.19 bits per heavy atom. The zero-order valence-corrected chi connectivity index (χ0v) is 15.2. The maximum Gasteiger partial charge on any atom is 0.153 e. The van der Waals surface area contributed by atoms with Crippen molar-refractivity contribution < 1.29 is 9.47 Å². The highest BCUT2D eigenvalue weighted by Crippen LogP contribution is 2.36. The van der Waals surface area contributed by atoms with Crippen molar-refractivity contribution in [3.8, 4) is 5.75 Å². The standard InChI is InChI=1S/C20H24N4O2/c1-14-11-17-18(24-14)19(23-13-22-17)21-12-20(7-9-26-10-8-20)15-3-5-16(25-2)6-4-15/h3-6,11,13,24H,7-10,12H2,1-2H3,(H,21,22,23). The second-order valence-corrected chi connectivity index (χ2v) is 6.91. The molecule has 1 aliphatic heterocycles. The van der Waals surface area contributed by atoms with Crippen molar-refractivity contribution in [2.24, 2.45) is 0 Å². The number of aromatic amines is 1. The molecule has 1 aromatic carbocycles. The molecule has 3 aromatic rings. The summed E-state index contributed by atoms with van der Waals surface area (Å²) < 4.78 is 10.9. The Balaban J connectivity index is 1.62. The molecule has 0 spiro atoms. The van der Waals surface area contributed by atoms with Gasteiger partial charge in [0.1, 0.15) is 17.6 Å². The van der Waals surface area contributed by atoms with Crippen molar-refractivity contribution in [2.45, 2.75) is 25.2 Å². The molecule has 6 nitrogen and oxygen atoms in total. The van der Waals surface area contributed by atoms with Crippen LogP contribution < -0.4 is 10.1 Å². The summed E-state index contributed by atoms with van der Waals surface area (Å²) in [4.78, 5) is 12.1. The number of rotatable bonds is 5. The quantitative estimate of drug-likeness (QED) is 0.736. The second kappa shape index (κ2) is 6.96. The maximum absolute atomic E-state index is 5.63. The van der Waals surface area contributed by atoms with E-state index in [1.807, 2.05) is 25.1 Å². The summed E-state index contributed by atoms with van der Waals surface area (Å²) in [7, 11) is 1.69. The molecule has 1 aliphatic rings. The van der Waals surface area contributed by atoms with Gasteiger partial charge in [-0.15, -0.1) is 0 Å². The van der Waals surface area contributed by atoms with E-state index < -0.39 is 0 Å². The maximum atomic E-state index is 5.63. The first kappa shape index (κ1) is 16.8. The molecule has 0 amide bonds. The predicted octanol–water partition coefficient (Wildman–Crippen LogP) is 3.44. The van der Waals surface area contributed by atoms with Gasteiger partial charge >= 0.3 is 0 Å². The Kier molecular flexibility index (Phi) is 4.51. The van der Waals surface area contributed by atoms with Gasteiger partial charge < -0.3 is 19.8 Å². The number of methoxy groups -OCH3 is 1. The fourth-order valence-corrected chi connectivity index (χ4v) is 3.73. The third-order valence-electron chi connectivity index (χ3n) is 5.30. The fourth-order valence-electron chi connectivity index (χ4n) is 3.73. The van der Waals surface area contributed by atoms with Crippen LogP contribution in [0.1, 0.15) is 24.1 Å². The molecular formula is C20H24N4O2. The van der Waals surface area contributed by atoms with Gasteiger partial charge in [-0.25, -0.2) is 9.97 Å². The van der Waals surface area contributed by atoms with E-state index in [9.17, 15) is 0 Å². The number of hydrogen-bond donors (Lipinski definition) is 2. The Morgan fingerprint density at radius 2 is 1.96 bits per heavy atom. The summed E-state index contributed by atoms with van der Waals surface area (Å²) in [5, 5.41) is 3.57. The number of aromatic nitrogens is 3.